The third-order valence-electron chi connectivity index (χ3n) is 11.8. The lowest BCUT2D eigenvalue weighted by atomic mass is 9.99. The third kappa shape index (κ3) is 4.46. The van der Waals surface area contributed by atoms with Gasteiger partial charge in [0, 0.05) is 41.7 Å². The molecule has 12 rings (SSSR count). The molecule has 9 aromatic carbocycles. The van der Waals surface area contributed by atoms with Gasteiger partial charge in [0.05, 0.1) is 44.6 Å². The first-order valence-corrected chi connectivity index (χ1v) is 19.8. The van der Waals surface area contributed by atoms with E-state index in [-0.39, 0.29) is 0 Å². The van der Waals surface area contributed by atoms with E-state index < -0.39 is 0 Å². The summed E-state index contributed by atoms with van der Waals surface area (Å²) in [5.74, 6) is 0. The SMILES string of the molecule is N#Cc1cc(-n2c3ccc(-c4ccc5sc6ccccc6c5c4)cc3c3c4ccccc4ccc32)c(C#N)cc1-n1c2ccccc2c2c3ccccc3ccc21. The Hall–Kier alpha value is -7.70. The Kier molecular flexibility index (Phi) is 6.60. The molecule has 0 fully saturated rings. The van der Waals surface area contributed by atoms with Crippen LogP contribution in [-0.2, 0) is 0 Å². The van der Waals surface area contributed by atoms with Gasteiger partial charge in [-0.3, -0.25) is 0 Å². The molecule has 0 aliphatic heterocycles. The van der Waals surface area contributed by atoms with Crippen molar-refractivity contribution < 1.29 is 0 Å². The summed E-state index contributed by atoms with van der Waals surface area (Å²) in [7, 11) is 0. The van der Waals surface area contributed by atoms with Gasteiger partial charge in [0.1, 0.15) is 12.1 Å². The van der Waals surface area contributed by atoms with Crippen LogP contribution in [0.15, 0.2) is 170 Å². The van der Waals surface area contributed by atoms with Gasteiger partial charge in [0.2, 0.25) is 0 Å². The van der Waals surface area contributed by atoms with E-state index in [4.69, 9.17) is 0 Å². The second kappa shape index (κ2) is 11.9. The molecule has 5 heteroatoms. The fourth-order valence-electron chi connectivity index (χ4n) is 9.26. The van der Waals surface area contributed by atoms with Gasteiger partial charge in [-0.05, 0) is 93.3 Å². The monoisotopic (exact) mass is 740 g/mol. The molecule has 0 N–H and O–H groups in total. The zero-order valence-corrected chi connectivity index (χ0v) is 31.2. The van der Waals surface area contributed by atoms with Crippen molar-refractivity contribution in [1.29, 1.82) is 10.5 Å². The van der Waals surface area contributed by atoms with Crippen LogP contribution >= 0.6 is 11.3 Å². The van der Waals surface area contributed by atoms with E-state index in [0.29, 0.717) is 22.5 Å². The first-order valence-electron chi connectivity index (χ1n) is 19.0. The fourth-order valence-corrected chi connectivity index (χ4v) is 10.3. The average molecular weight is 741 g/mol. The minimum Gasteiger partial charge on any atom is -0.308 e. The Morgan fingerprint density at radius 3 is 1.49 bits per heavy atom. The maximum absolute atomic E-state index is 11.0. The van der Waals surface area contributed by atoms with E-state index in [0.717, 1.165) is 76.3 Å². The van der Waals surface area contributed by atoms with Gasteiger partial charge in [-0.2, -0.15) is 10.5 Å². The molecular weight excluding hydrogens is 713 g/mol. The quantitative estimate of drug-likeness (QED) is 0.181. The van der Waals surface area contributed by atoms with E-state index in [1.54, 1.807) is 0 Å². The fraction of sp³-hybridized carbons (Fsp3) is 0. The number of nitrogens with zero attached hydrogens (tertiary/aromatic N) is 4. The summed E-state index contributed by atoms with van der Waals surface area (Å²) < 4.78 is 6.90. The van der Waals surface area contributed by atoms with Gasteiger partial charge in [0.25, 0.3) is 0 Å². The van der Waals surface area contributed by atoms with Crippen LogP contribution in [0.3, 0.4) is 0 Å². The van der Waals surface area contributed by atoms with Crippen LogP contribution in [0.4, 0.5) is 0 Å². The lowest BCUT2D eigenvalue weighted by molar-refractivity contribution is 1.12. The zero-order chi connectivity index (χ0) is 37.8. The van der Waals surface area contributed by atoms with Crippen LogP contribution in [0.5, 0.6) is 0 Å². The second-order valence-corrected chi connectivity index (χ2v) is 15.8. The van der Waals surface area contributed by atoms with E-state index >= 15 is 0 Å². The van der Waals surface area contributed by atoms with Crippen LogP contribution in [-0.4, -0.2) is 9.13 Å². The largest absolute Gasteiger partial charge is 0.308 e. The van der Waals surface area contributed by atoms with Gasteiger partial charge >= 0.3 is 0 Å². The Morgan fingerprint density at radius 2 is 0.842 bits per heavy atom. The number of thiophene rings is 1. The number of nitriles is 2. The lowest BCUT2D eigenvalue weighted by Crippen LogP contribution is -2.04. The number of para-hydroxylation sites is 1. The van der Waals surface area contributed by atoms with Gasteiger partial charge in [-0.15, -0.1) is 11.3 Å². The molecule has 0 saturated heterocycles. The van der Waals surface area contributed by atoms with Crippen molar-refractivity contribution in [3.63, 3.8) is 0 Å². The van der Waals surface area contributed by atoms with Crippen LogP contribution in [0.25, 0.3) is 108 Å². The molecule has 0 aliphatic carbocycles. The van der Waals surface area contributed by atoms with Crippen molar-refractivity contribution in [2.75, 3.05) is 0 Å². The Labute approximate surface area is 330 Å². The molecule has 0 radical (unpaired) electrons. The standard InChI is InChI=1S/C52H28N4S/c53-29-35-28-48(36(30-54)27-47(35)55-43-15-7-5-14-40(43)51-37-11-3-1-9-31(37)17-22-45(51)55)56-44-21-19-33(26-42(44)52-38-12-4-2-10-32(38)18-23-46(52)56)34-20-24-50-41(25-34)39-13-6-8-16-49(39)57-50/h1-28H. The van der Waals surface area contributed by atoms with Crippen LogP contribution < -0.4 is 0 Å². The zero-order valence-electron chi connectivity index (χ0n) is 30.4. The van der Waals surface area contributed by atoms with Gasteiger partial charge < -0.3 is 9.13 Å². The molecule has 3 aromatic heterocycles. The van der Waals surface area contributed by atoms with Gasteiger partial charge in [0.15, 0.2) is 0 Å². The van der Waals surface area contributed by atoms with Crippen molar-refractivity contribution in [2.45, 2.75) is 0 Å². The maximum atomic E-state index is 11.0. The third-order valence-corrected chi connectivity index (χ3v) is 12.9. The van der Waals surface area contributed by atoms with E-state index in [9.17, 15) is 10.5 Å². The summed E-state index contributed by atoms with van der Waals surface area (Å²) in [6.45, 7) is 0. The minimum atomic E-state index is 0.488. The first-order chi connectivity index (χ1) is 28.2. The van der Waals surface area contributed by atoms with Crippen molar-refractivity contribution in [3.05, 3.63) is 181 Å². The number of aromatic nitrogens is 2. The van der Waals surface area contributed by atoms with Crippen molar-refractivity contribution in [1.82, 2.24) is 9.13 Å². The Bertz CT molecular complexity index is 3790. The lowest BCUT2D eigenvalue weighted by Gasteiger charge is -2.16. The van der Waals surface area contributed by atoms with Crippen molar-refractivity contribution >= 4 is 96.7 Å². The molecule has 57 heavy (non-hydrogen) atoms. The highest BCUT2D eigenvalue weighted by Gasteiger charge is 2.23. The summed E-state index contributed by atoms with van der Waals surface area (Å²) in [5.41, 5.74) is 8.56. The van der Waals surface area contributed by atoms with E-state index in [2.05, 4.69) is 173 Å². The Morgan fingerprint density at radius 1 is 0.368 bits per heavy atom. The highest BCUT2D eigenvalue weighted by atomic mass is 32.1. The van der Waals surface area contributed by atoms with Crippen LogP contribution in [0, 0.1) is 22.7 Å². The summed E-state index contributed by atoms with van der Waals surface area (Å²) in [6, 6.07) is 64.7. The molecule has 3 heterocycles. The smallest absolute Gasteiger partial charge is 0.101 e. The molecule has 262 valence electrons. The molecule has 12 aromatic rings. The molecule has 0 bridgehead atoms. The predicted octanol–water partition coefficient (Wildman–Crippen LogP) is 14.0. The van der Waals surface area contributed by atoms with Gasteiger partial charge in [-0.1, -0.05) is 109 Å². The molecule has 0 spiro atoms. The molecule has 0 amide bonds. The molecule has 4 nitrogen and oxygen atoms in total. The highest BCUT2D eigenvalue weighted by Crippen LogP contribution is 2.43. The molecule has 0 aliphatic rings. The first kappa shape index (κ1) is 31.6. The Balaban J connectivity index is 1.13. The van der Waals surface area contributed by atoms with Gasteiger partial charge in [-0.25, -0.2) is 0 Å². The van der Waals surface area contributed by atoms with Crippen molar-refractivity contribution in [3.8, 4) is 34.6 Å². The molecule has 0 saturated carbocycles. The highest BCUT2D eigenvalue weighted by molar-refractivity contribution is 7.25. The summed E-state index contributed by atoms with van der Waals surface area (Å²) >= 11 is 1.83. The molecular formula is C52H28N4S. The molecule has 0 unspecified atom stereocenters. The topological polar surface area (TPSA) is 57.4 Å². The van der Waals surface area contributed by atoms with E-state index in [1.807, 2.05) is 29.5 Å². The predicted molar refractivity (Wildman–Crippen MR) is 238 cm³/mol. The number of rotatable bonds is 3. The van der Waals surface area contributed by atoms with Crippen LogP contribution in [0.1, 0.15) is 11.1 Å². The number of benzene rings is 9. The number of hydrogen-bond donors (Lipinski definition) is 0. The summed E-state index contributed by atoms with van der Waals surface area (Å²) in [5, 5.41) is 33.5. The van der Waals surface area contributed by atoms with E-state index in [1.165, 1.54) is 20.2 Å². The summed E-state index contributed by atoms with van der Waals surface area (Å²) in [6.07, 6.45) is 0. The minimum absolute atomic E-state index is 0.488. The normalized spacial score (nSPS) is 11.8. The molecule has 0 atom stereocenters. The second-order valence-electron chi connectivity index (χ2n) is 14.7. The maximum Gasteiger partial charge on any atom is 0.101 e. The summed E-state index contributed by atoms with van der Waals surface area (Å²) in [4.78, 5) is 0. The van der Waals surface area contributed by atoms with Crippen molar-refractivity contribution in [2.24, 2.45) is 0 Å². The van der Waals surface area contributed by atoms with Crippen LogP contribution in [0.2, 0.25) is 0 Å². The number of hydrogen-bond acceptors (Lipinski definition) is 3. The average Bonchev–Trinajstić information content (AvgIpc) is 3.93. The number of fused-ring (bicyclic) bond motifs is 13.